The molecule has 0 aromatic heterocycles. The second-order valence-electron chi connectivity index (χ2n) is 6.65. The highest BCUT2D eigenvalue weighted by Crippen LogP contribution is 2.28. The molecular weight excluding hydrogens is 384 g/mol. The Balaban J connectivity index is 1.76. The van der Waals surface area contributed by atoms with Crippen LogP contribution in [-0.2, 0) is 25.7 Å². The molecule has 0 radical (unpaired) electrons. The highest BCUT2D eigenvalue weighted by Gasteiger charge is 2.33. The minimum atomic E-state index is -1.11. The van der Waals surface area contributed by atoms with E-state index in [1.807, 2.05) is 37.3 Å². The molecule has 1 heterocycles. The van der Waals surface area contributed by atoms with Gasteiger partial charge < -0.3 is 19.9 Å². The first-order valence-electron chi connectivity index (χ1n) is 9.06. The predicted octanol–water partition coefficient (Wildman–Crippen LogP) is 1.99. The van der Waals surface area contributed by atoms with Crippen LogP contribution < -0.4 is 10.6 Å². The summed E-state index contributed by atoms with van der Waals surface area (Å²) < 4.78 is 9.82. The van der Waals surface area contributed by atoms with Gasteiger partial charge in [-0.05, 0) is 24.3 Å². The summed E-state index contributed by atoms with van der Waals surface area (Å²) in [5, 5.41) is 15.0. The normalized spacial score (nSPS) is 20.8. The Labute approximate surface area is 168 Å². The van der Waals surface area contributed by atoms with Gasteiger partial charge in [0.1, 0.15) is 18.7 Å². The summed E-state index contributed by atoms with van der Waals surface area (Å²) >= 11 is 1.61. The highest BCUT2D eigenvalue weighted by molar-refractivity contribution is 8.00. The molecular formula is C19H26N2O6S. The number of amides is 1. The molecule has 1 fully saturated rings. The van der Waals surface area contributed by atoms with Crippen molar-refractivity contribution < 1.29 is 29.0 Å². The molecule has 2 rings (SSSR count). The number of benzene rings is 1. The van der Waals surface area contributed by atoms with Gasteiger partial charge in [-0.1, -0.05) is 37.3 Å². The van der Waals surface area contributed by atoms with Gasteiger partial charge in [-0.3, -0.25) is 10.1 Å². The van der Waals surface area contributed by atoms with Crippen LogP contribution in [-0.4, -0.2) is 53.5 Å². The fraction of sp³-hybridized carbons (Fsp3) is 0.526. The number of hydrogen-bond acceptors (Lipinski definition) is 7. The molecule has 1 unspecified atom stereocenters. The zero-order chi connectivity index (χ0) is 20.5. The molecule has 1 aromatic rings. The van der Waals surface area contributed by atoms with E-state index < -0.39 is 18.1 Å². The third-order valence-corrected chi connectivity index (χ3v) is 6.01. The van der Waals surface area contributed by atoms with Crippen LogP contribution in [0.25, 0.3) is 0 Å². The number of aliphatic carboxylic acids is 1. The van der Waals surface area contributed by atoms with Crippen molar-refractivity contribution in [2.45, 2.75) is 43.8 Å². The number of carboxylic acids is 1. The van der Waals surface area contributed by atoms with Crippen molar-refractivity contribution >= 4 is 29.8 Å². The van der Waals surface area contributed by atoms with E-state index in [0.717, 1.165) is 5.56 Å². The molecule has 0 saturated carbocycles. The maximum atomic E-state index is 11.9. The number of alkyl carbamates (subject to hydrolysis) is 1. The maximum absolute atomic E-state index is 11.9. The minimum Gasteiger partial charge on any atom is -0.480 e. The SMILES string of the molecule is COC(=O)[C@@H]1CSC([C@H](C)CC[C@H](NC(=O)OCc2ccccc2)C(=O)O)N1. The Morgan fingerprint density at radius 2 is 2.00 bits per heavy atom. The van der Waals surface area contributed by atoms with Gasteiger partial charge in [0.05, 0.1) is 12.5 Å². The molecule has 0 bridgehead atoms. The molecule has 154 valence electrons. The minimum absolute atomic E-state index is 0.0311. The summed E-state index contributed by atoms with van der Waals surface area (Å²) in [5.74, 6) is -0.672. The molecule has 28 heavy (non-hydrogen) atoms. The second kappa shape index (κ2) is 10.9. The number of methoxy groups -OCH3 is 1. The summed E-state index contributed by atoms with van der Waals surface area (Å²) in [5.41, 5.74) is 0.822. The molecule has 0 spiro atoms. The lowest BCUT2D eigenvalue weighted by molar-refractivity contribution is -0.142. The fourth-order valence-corrected chi connectivity index (χ4v) is 4.20. The molecule has 0 aliphatic carbocycles. The van der Waals surface area contributed by atoms with Crippen LogP contribution in [0.4, 0.5) is 4.79 Å². The smallest absolute Gasteiger partial charge is 0.408 e. The van der Waals surface area contributed by atoms with E-state index in [9.17, 15) is 19.5 Å². The first kappa shape index (κ1) is 22.0. The zero-order valence-corrected chi connectivity index (χ0v) is 16.7. The van der Waals surface area contributed by atoms with Crippen molar-refractivity contribution in [1.82, 2.24) is 10.6 Å². The molecule has 1 aliphatic rings. The van der Waals surface area contributed by atoms with E-state index >= 15 is 0 Å². The van der Waals surface area contributed by atoms with Gasteiger partial charge >= 0.3 is 18.0 Å². The molecule has 1 amide bonds. The van der Waals surface area contributed by atoms with Gasteiger partial charge in [0, 0.05) is 5.75 Å². The van der Waals surface area contributed by atoms with Crippen LogP contribution in [0.1, 0.15) is 25.3 Å². The third-order valence-electron chi connectivity index (χ3n) is 4.52. The molecule has 3 N–H and O–H groups in total. The predicted molar refractivity (Wildman–Crippen MR) is 105 cm³/mol. The lowest BCUT2D eigenvalue weighted by Crippen LogP contribution is -2.42. The first-order chi connectivity index (χ1) is 13.4. The largest absolute Gasteiger partial charge is 0.480 e. The molecule has 9 heteroatoms. The number of ether oxygens (including phenoxy) is 2. The summed E-state index contributed by atoms with van der Waals surface area (Å²) in [7, 11) is 1.35. The number of esters is 1. The van der Waals surface area contributed by atoms with Crippen LogP contribution >= 0.6 is 11.8 Å². The van der Waals surface area contributed by atoms with Gasteiger partial charge in [0.2, 0.25) is 0 Å². The molecule has 1 aliphatic heterocycles. The highest BCUT2D eigenvalue weighted by atomic mass is 32.2. The number of carboxylic acid groups (broad SMARTS) is 1. The molecule has 8 nitrogen and oxygen atoms in total. The van der Waals surface area contributed by atoms with Crippen LogP contribution in [0.15, 0.2) is 30.3 Å². The van der Waals surface area contributed by atoms with Crippen molar-refractivity contribution in [2.24, 2.45) is 5.92 Å². The quantitative estimate of drug-likeness (QED) is 0.530. The number of carbonyl (C=O) groups is 3. The first-order valence-corrected chi connectivity index (χ1v) is 10.1. The zero-order valence-electron chi connectivity index (χ0n) is 15.9. The van der Waals surface area contributed by atoms with Gasteiger partial charge in [-0.2, -0.15) is 0 Å². The van der Waals surface area contributed by atoms with E-state index in [0.29, 0.717) is 12.2 Å². The lowest BCUT2D eigenvalue weighted by atomic mass is 10.0. The average Bonchev–Trinajstić information content (AvgIpc) is 3.19. The van der Waals surface area contributed by atoms with E-state index in [-0.39, 0.29) is 36.3 Å². The summed E-state index contributed by atoms with van der Waals surface area (Å²) in [6.07, 6.45) is 0.0654. The van der Waals surface area contributed by atoms with Crippen molar-refractivity contribution in [3.8, 4) is 0 Å². The van der Waals surface area contributed by atoms with E-state index in [1.165, 1.54) is 7.11 Å². The average molecular weight is 410 g/mol. The Hall–Kier alpha value is -2.26. The van der Waals surface area contributed by atoms with Crippen molar-refractivity contribution in [1.29, 1.82) is 0 Å². The number of rotatable bonds is 9. The van der Waals surface area contributed by atoms with E-state index in [1.54, 1.807) is 11.8 Å². The fourth-order valence-electron chi connectivity index (χ4n) is 2.85. The standard InChI is InChI=1S/C19H26N2O6S/c1-12(16-20-15(11-28-16)18(24)26-2)8-9-14(17(22)23)21-19(25)27-10-13-6-4-3-5-7-13/h3-7,12,14-16,20H,8-11H2,1-2H3,(H,21,25)(H,22,23)/t12-,14+,15+,16?/m1/s1. The topological polar surface area (TPSA) is 114 Å². The lowest BCUT2D eigenvalue weighted by Gasteiger charge is -2.21. The Morgan fingerprint density at radius 3 is 2.64 bits per heavy atom. The maximum Gasteiger partial charge on any atom is 0.408 e. The van der Waals surface area contributed by atoms with E-state index in [4.69, 9.17) is 9.47 Å². The van der Waals surface area contributed by atoms with Crippen molar-refractivity contribution in [2.75, 3.05) is 12.9 Å². The molecule has 1 saturated heterocycles. The third kappa shape index (κ3) is 6.72. The number of nitrogens with one attached hydrogen (secondary N) is 2. The van der Waals surface area contributed by atoms with Crippen molar-refractivity contribution in [3.63, 3.8) is 0 Å². The van der Waals surface area contributed by atoms with Gasteiger partial charge in [0.25, 0.3) is 0 Å². The van der Waals surface area contributed by atoms with Crippen molar-refractivity contribution in [3.05, 3.63) is 35.9 Å². The summed E-state index contributed by atoms with van der Waals surface area (Å²) in [6, 6.07) is 7.78. The van der Waals surface area contributed by atoms with Gasteiger partial charge in [0.15, 0.2) is 0 Å². The number of carbonyl (C=O) groups excluding carboxylic acids is 2. The molecule has 1 aromatic carbocycles. The van der Waals surface area contributed by atoms with Crippen LogP contribution in [0.5, 0.6) is 0 Å². The van der Waals surface area contributed by atoms with E-state index in [2.05, 4.69) is 10.6 Å². The summed E-state index contributed by atoms with van der Waals surface area (Å²) in [6.45, 7) is 2.06. The van der Waals surface area contributed by atoms with Crippen LogP contribution in [0.2, 0.25) is 0 Å². The van der Waals surface area contributed by atoms with Gasteiger partial charge in [-0.15, -0.1) is 11.8 Å². The van der Waals surface area contributed by atoms with Crippen LogP contribution in [0, 0.1) is 5.92 Å². The number of thioether (sulfide) groups is 1. The monoisotopic (exact) mass is 410 g/mol. The molecule has 4 atom stereocenters. The van der Waals surface area contributed by atoms with Crippen LogP contribution in [0.3, 0.4) is 0 Å². The Kier molecular flexibility index (Phi) is 8.59. The number of hydrogen-bond donors (Lipinski definition) is 3. The summed E-state index contributed by atoms with van der Waals surface area (Å²) in [4.78, 5) is 35.0. The Bertz CT molecular complexity index is 672. The van der Waals surface area contributed by atoms with Gasteiger partial charge in [-0.25, -0.2) is 9.59 Å². The Morgan fingerprint density at radius 1 is 1.29 bits per heavy atom. The second-order valence-corrected chi connectivity index (χ2v) is 7.82.